The van der Waals surface area contributed by atoms with Gasteiger partial charge in [-0.3, -0.25) is 14.8 Å². The van der Waals surface area contributed by atoms with Crippen molar-refractivity contribution in [2.45, 2.75) is 11.6 Å². The van der Waals surface area contributed by atoms with E-state index in [0.717, 1.165) is 0 Å². The molecule has 6 heteroatoms. The van der Waals surface area contributed by atoms with Crippen LogP contribution in [-0.4, -0.2) is 19.6 Å². The number of hydrogen-bond donors (Lipinski definition) is 1. The molecule has 0 spiro atoms. The van der Waals surface area contributed by atoms with Crippen LogP contribution in [0.4, 0.5) is 0 Å². The largest absolute Gasteiger partial charge is 0.378 e. The quantitative estimate of drug-likeness (QED) is 0.562. The zero-order chi connectivity index (χ0) is 21.0. The van der Waals surface area contributed by atoms with E-state index in [2.05, 4.69) is 16.0 Å². The molecular formula is C24H18N4O2. The van der Waals surface area contributed by atoms with Gasteiger partial charge in [0, 0.05) is 36.4 Å². The first-order chi connectivity index (χ1) is 14.6. The van der Waals surface area contributed by atoms with Gasteiger partial charge in [0.15, 0.2) is 0 Å². The lowest BCUT2D eigenvalue weighted by molar-refractivity contribution is 0.0350. The fraction of sp³-hybridized carbons (Fsp3) is 0.0833. The van der Waals surface area contributed by atoms with E-state index in [1.807, 2.05) is 0 Å². The highest BCUT2D eigenvalue weighted by Crippen LogP contribution is 2.42. The molecule has 0 aliphatic heterocycles. The van der Waals surface area contributed by atoms with Gasteiger partial charge in [0.05, 0.1) is 17.3 Å². The van der Waals surface area contributed by atoms with Crippen molar-refractivity contribution in [2.24, 2.45) is 0 Å². The van der Waals surface area contributed by atoms with Crippen molar-refractivity contribution in [3.63, 3.8) is 0 Å². The fourth-order valence-electron chi connectivity index (χ4n) is 3.65. The minimum Gasteiger partial charge on any atom is -0.378 e. The summed E-state index contributed by atoms with van der Waals surface area (Å²) in [6.45, 7) is 0. The molecule has 0 saturated carbocycles. The molecule has 0 aliphatic carbocycles. The van der Waals surface area contributed by atoms with Crippen LogP contribution in [0.5, 0.6) is 0 Å². The number of aromatic nitrogens is 3. The summed E-state index contributed by atoms with van der Waals surface area (Å²) in [6.07, 6.45) is 6.41. The minimum atomic E-state index is -1.72. The Hall–Kier alpha value is -4.08. The molecule has 0 fully saturated rings. The van der Waals surface area contributed by atoms with Gasteiger partial charge in [-0.2, -0.15) is 5.26 Å². The van der Waals surface area contributed by atoms with Gasteiger partial charge in [0.25, 0.3) is 5.56 Å². The van der Waals surface area contributed by atoms with E-state index in [0.29, 0.717) is 22.4 Å². The van der Waals surface area contributed by atoms with Crippen molar-refractivity contribution in [2.75, 3.05) is 0 Å². The van der Waals surface area contributed by atoms with Gasteiger partial charge < -0.3 is 9.67 Å². The lowest BCUT2D eigenvalue weighted by atomic mass is 9.78. The third-order valence-corrected chi connectivity index (χ3v) is 5.03. The van der Waals surface area contributed by atoms with Gasteiger partial charge in [-0.15, -0.1) is 0 Å². The highest BCUT2D eigenvalue weighted by Gasteiger charge is 2.44. The molecule has 4 rings (SSSR count). The van der Waals surface area contributed by atoms with Crippen LogP contribution in [0.2, 0.25) is 0 Å². The summed E-state index contributed by atoms with van der Waals surface area (Å²) in [5, 5.41) is 21.7. The Kier molecular flexibility index (Phi) is 5.21. The normalized spacial score (nSPS) is 13.7. The van der Waals surface area contributed by atoms with E-state index in [4.69, 9.17) is 0 Å². The summed E-state index contributed by atoms with van der Waals surface area (Å²) in [4.78, 5) is 21.5. The third-order valence-electron chi connectivity index (χ3n) is 5.03. The molecule has 0 saturated heterocycles. The number of pyridine rings is 3. The molecule has 1 aromatic carbocycles. The lowest BCUT2D eigenvalue weighted by Gasteiger charge is -2.37. The van der Waals surface area contributed by atoms with Crippen molar-refractivity contribution in [3.05, 3.63) is 130 Å². The van der Waals surface area contributed by atoms with E-state index in [1.165, 1.54) is 10.6 Å². The molecule has 0 amide bonds. The van der Waals surface area contributed by atoms with Crippen molar-refractivity contribution in [1.29, 1.82) is 5.26 Å². The minimum absolute atomic E-state index is 0.285. The summed E-state index contributed by atoms with van der Waals surface area (Å²) in [6, 6.07) is 21.6. The van der Waals surface area contributed by atoms with Gasteiger partial charge in [-0.05, 0) is 42.0 Å². The number of nitrogens with zero attached hydrogens (tertiary/aromatic N) is 4. The van der Waals surface area contributed by atoms with Crippen molar-refractivity contribution in [1.82, 2.24) is 14.5 Å². The van der Waals surface area contributed by atoms with E-state index < -0.39 is 11.6 Å². The Morgan fingerprint density at radius 2 is 1.80 bits per heavy atom. The van der Waals surface area contributed by atoms with Crippen LogP contribution >= 0.6 is 0 Å². The zero-order valence-corrected chi connectivity index (χ0v) is 16.0. The smallest absolute Gasteiger partial charge is 0.251 e. The van der Waals surface area contributed by atoms with Crippen LogP contribution in [0, 0.1) is 11.3 Å². The molecule has 2 atom stereocenters. The second-order valence-corrected chi connectivity index (χ2v) is 6.80. The molecule has 146 valence electrons. The molecule has 0 aliphatic rings. The fourth-order valence-corrected chi connectivity index (χ4v) is 3.65. The molecule has 0 bridgehead atoms. The molecule has 3 heterocycles. The summed E-state index contributed by atoms with van der Waals surface area (Å²) in [7, 11) is 0. The molecule has 3 aromatic heterocycles. The summed E-state index contributed by atoms with van der Waals surface area (Å²) < 4.78 is 1.45. The second kappa shape index (κ2) is 8.11. The zero-order valence-electron chi connectivity index (χ0n) is 16.0. The summed E-state index contributed by atoms with van der Waals surface area (Å²) in [5.74, 6) is 0. The van der Waals surface area contributed by atoms with Crippen molar-refractivity contribution in [3.8, 4) is 6.07 Å². The van der Waals surface area contributed by atoms with Gasteiger partial charge in [-0.1, -0.05) is 30.3 Å². The first-order valence-corrected chi connectivity index (χ1v) is 9.36. The molecular weight excluding hydrogens is 376 g/mol. The topological polar surface area (TPSA) is 91.8 Å². The number of hydrogen-bond acceptors (Lipinski definition) is 5. The Morgan fingerprint density at radius 1 is 0.967 bits per heavy atom. The Morgan fingerprint density at radius 3 is 2.50 bits per heavy atom. The Balaban J connectivity index is 2.08. The van der Waals surface area contributed by atoms with Crippen molar-refractivity contribution >= 4 is 0 Å². The summed E-state index contributed by atoms with van der Waals surface area (Å²) in [5.41, 5.74) is -0.172. The maximum absolute atomic E-state index is 12.8. The molecule has 0 radical (unpaired) electrons. The van der Waals surface area contributed by atoms with E-state index in [9.17, 15) is 15.2 Å². The first kappa shape index (κ1) is 19.2. The van der Waals surface area contributed by atoms with Gasteiger partial charge in [-0.25, -0.2) is 0 Å². The molecule has 4 aromatic rings. The van der Waals surface area contributed by atoms with Crippen LogP contribution < -0.4 is 5.56 Å². The average molecular weight is 394 g/mol. The first-order valence-electron chi connectivity index (χ1n) is 9.36. The predicted octanol–water partition coefficient (Wildman–Crippen LogP) is 3.04. The standard InChI is InChI=1S/C24H18N4O2/c25-16-18-7-5-8-19(15-18)24(30,20-9-6-12-26-17-20)23(21-10-1-3-13-27-21)28-14-4-2-11-22(28)29/h1-15,17,23,30H. The van der Waals surface area contributed by atoms with Gasteiger partial charge in [0.2, 0.25) is 0 Å². The molecule has 2 unspecified atom stereocenters. The van der Waals surface area contributed by atoms with E-state index >= 15 is 0 Å². The third kappa shape index (κ3) is 3.39. The van der Waals surface area contributed by atoms with Gasteiger partial charge in [0.1, 0.15) is 11.6 Å². The molecule has 1 N–H and O–H groups in total. The number of nitriles is 1. The second-order valence-electron chi connectivity index (χ2n) is 6.80. The Labute approximate surface area is 173 Å². The maximum Gasteiger partial charge on any atom is 0.251 e. The SMILES string of the molecule is N#Cc1cccc(C(O)(c2cccnc2)C(c2ccccn2)n2ccccc2=O)c1. The number of benzene rings is 1. The molecule has 30 heavy (non-hydrogen) atoms. The summed E-state index contributed by atoms with van der Waals surface area (Å²) >= 11 is 0. The molecule has 6 nitrogen and oxygen atoms in total. The van der Waals surface area contributed by atoms with Crippen LogP contribution in [-0.2, 0) is 5.60 Å². The van der Waals surface area contributed by atoms with Crippen LogP contribution in [0.3, 0.4) is 0 Å². The highest BCUT2D eigenvalue weighted by molar-refractivity contribution is 5.44. The monoisotopic (exact) mass is 394 g/mol. The van der Waals surface area contributed by atoms with Gasteiger partial charge >= 0.3 is 0 Å². The predicted molar refractivity (Wildman–Crippen MR) is 111 cm³/mol. The maximum atomic E-state index is 12.8. The number of rotatable bonds is 5. The Bertz CT molecular complexity index is 1250. The van der Waals surface area contributed by atoms with Crippen molar-refractivity contribution < 1.29 is 5.11 Å². The average Bonchev–Trinajstić information content (AvgIpc) is 2.81. The van der Waals surface area contributed by atoms with E-state index in [1.54, 1.807) is 91.5 Å². The highest BCUT2D eigenvalue weighted by atomic mass is 16.3. The van der Waals surface area contributed by atoms with Crippen LogP contribution in [0.15, 0.2) is 102 Å². The van der Waals surface area contributed by atoms with Crippen LogP contribution in [0.1, 0.15) is 28.4 Å². The lowest BCUT2D eigenvalue weighted by Crippen LogP contribution is -2.43. The number of aliphatic hydroxyl groups is 1. The van der Waals surface area contributed by atoms with Crippen LogP contribution in [0.25, 0.3) is 0 Å². The van der Waals surface area contributed by atoms with E-state index in [-0.39, 0.29) is 5.56 Å².